The van der Waals surface area contributed by atoms with Gasteiger partial charge in [0.2, 0.25) is 10.0 Å². The maximum atomic E-state index is 12.8. The van der Waals surface area contributed by atoms with Gasteiger partial charge in [0, 0.05) is 51.2 Å². The first kappa shape index (κ1) is 18.5. The van der Waals surface area contributed by atoms with E-state index in [1.807, 2.05) is 10.8 Å². The summed E-state index contributed by atoms with van der Waals surface area (Å²) in [5, 5.41) is 11.1. The van der Waals surface area contributed by atoms with Crippen molar-refractivity contribution in [3.05, 3.63) is 53.1 Å². The number of hydrogen-bond acceptors (Lipinski definition) is 6. The number of para-hydroxylation sites is 1. The first-order valence-corrected chi connectivity index (χ1v) is 9.84. The van der Waals surface area contributed by atoms with E-state index in [4.69, 9.17) is 0 Å². The van der Waals surface area contributed by atoms with Gasteiger partial charge in [0.1, 0.15) is 0 Å². The summed E-state index contributed by atoms with van der Waals surface area (Å²) in [6, 6.07) is 5.49. The number of hydrogen-bond donors (Lipinski definition) is 0. The maximum absolute atomic E-state index is 12.8. The molecule has 26 heavy (non-hydrogen) atoms. The average Bonchev–Trinajstić information content (AvgIpc) is 3.15. The maximum Gasteiger partial charge on any atom is 0.289 e. The highest BCUT2D eigenvalue weighted by molar-refractivity contribution is 7.89. The van der Waals surface area contributed by atoms with Crippen molar-refractivity contribution in [1.29, 1.82) is 0 Å². The third-order valence-corrected chi connectivity index (χ3v) is 6.41. The number of aryl methyl sites for hydroxylation is 1. The number of nitro groups is 1. The van der Waals surface area contributed by atoms with Crippen molar-refractivity contribution in [3.8, 4) is 0 Å². The molecule has 0 aliphatic carbocycles. The lowest BCUT2D eigenvalue weighted by Crippen LogP contribution is -2.48. The quantitative estimate of drug-likeness (QED) is 0.529. The Bertz CT molecular complexity index is 845. The molecule has 10 heteroatoms. The molecule has 140 valence electrons. The first-order valence-electron chi connectivity index (χ1n) is 8.40. The highest BCUT2D eigenvalue weighted by Crippen LogP contribution is 2.26. The summed E-state index contributed by atoms with van der Waals surface area (Å²) in [6.07, 6.45) is 6.38. The van der Waals surface area contributed by atoms with Gasteiger partial charge in [0.25, 0.3) is 5.69 Å². The molecule has 1 aromatic heterocycles. The van der Waals surface area contributed by atoms with Crippen molar-refractivity contribution in [2.75, 3.05) is 32.7 Å². The zero-order valence-electron chi connectivity index (χ0n) is 14.3. The summed E-state index contributed by atoms with van der Waals surface area (Å²) in [5.41, 5.74) is -0.379. The lowest BCUT2D eigenvalue weighted by Gasteiger charge is -2.33. The highest BCUT2D eigenvalue weighted by Gasteiger charge is 2.33. The summed E-state index contributed by atoms with van der Waals surface area (Å²) in [5.74, 6) is 0. The van der Waals surface area contributed by atoms with Crippen LogP contribution in [0, 0.1) is 10.1 Å². The molecule has 1 aliphatic heterocycles. The number of piperazine rings is 1. The van der Waals surface area contributed by atoms with Crippen LogP contribution in [0.5, 0.6) is 0 Å². The van der Waals surface area contributed by atoms with Crippen LogP contribution in [-0.2, 0) is 16.6 Å². The van der Waals surface area contributed by atoms with E-state index < -0.39 is 14.9 Å². The fourth-order valence-corrected chi connectivity index (χ4v) is 4.63. The van der Waals surface area contributed by atoms with Gasteiger partial charge in [0.15, 0.2) is 4.90 Å². The normalized spacial score (nSPS) is 16.6. The highest BCUT2D eigenvalue weighted by atomic mass is 32.2. The summed E-state index contributed by atoms with van der Waals surface area (Å²) in [7, 11) is -3.86. The molecule has 2 heterocycles. The standard InChI is InChI=1S/C16H21N5O4S/c22-21(23)15-4-1-2-5-16(15)26(24,25)20-12-10-18(11-13-20)7-3-8-19-9-6-17-14-19/h1-2,4-6,9,14H,3,7-8,10-13H2. The minimum atomic E-state index is -3.86. The topological polar surface area (TPSA) is 102 Å². The largest absolute Gasteiger partial charge is 0.337 e. The number of imidazole rings is 1. The van der Waals surface area contributed by atoms with E-state index in [0.29, 0.717) is 26.2 Å². The van der Waals surface area contributed by atoms with Crippen LogP contribution in [0.2, 0.25) is 0 Å². The molecule has 1 aliphatic rings. The van der Waals surface area contributed by atoms with Crippen LogP contribution in [0.4, 0.5) is 5.69 Å². The SMILES string of the molecule is O=[N+]([O-])c1ccccc1S(=O)(=O)N1CCN(CCCn2ccnc2)CC1. The van der Waals surface area contributed by atoms with Gasteiger partial charge >= 0.3 is 0 Å². The zero-order valence-corrected chi connectivity index (χ0v) is 15.1. The Morgan fingerprint density at radius 1 is 1.12 bits per heavy atom. The van der Waals surface area contributed by atoms with E-state index in [0.717, 1.165) is 19.5 Å². The van der Waals surface area contributed by atoms with Crippen molar-refractivity contribution in [1.82, 2.24) is 18.8 Å². The van der Waals surface area contributed by atoms with Gasteiger partial charge in [-0.05, 0) is 19.0 Å². The molecular weight excluding hydrogens is 358 g/mol. The molecule has 2 aromatic rings. The molecule has 0 atom stereocenters. The molecule has 9 nitrogen and oxygen atoms in total. The van der Waals surface area contributed by atoms with E-state index >= 15 is 0 Å². The van der Waals surface area contributed by atoms with Crippen LogP contribution in [0.25, 0.3) is 0 Å². The zero-order chi connectivity index (χ0) is 18.6. The second kappa shape index (κ2) is 7.94. The third kappa shape index (κ3) is 4.09. The Morgan fingerprint density at radius 2 is 1.85 bits per heavy atom. The van der Waals surface area contributed by atoms with Crippen molar-refractivity contribution in [3.63, 3.8) is 0 Å². The van der Waals surface area contributed by atoms with Gasteiger partial charge in [-0.2, -0.15) is 4.31 Å². The van der Waals surface area contributed by atoms with Crippen LogP contribution in [0.3, 0.4) is 0 Å². The molecular formula is C16H21N5O4S. The predicted molar refractivity (Wildman–Crippen MR) is 95.1 cm³/mol. The van der Waals surface area contributed by atoms with E-state index in [9.17, 15) is 18.5 Å². The van der Waals surface area contributed by atoms with Crippen LogP contribution < -0.4 is 0 Å². The molecule has 0 bridgehead atoms. The Balaban J connectivity index is 1.58. The van der Waals surface area contributed by atoms with Crippen molar-refractivity contribution < 1.29 is 13.3 Å². The third-order valence-electron chi connectivity index (χ3n) is 4.46. The number of nitro benzene ring substituents is 1. The second-order valence-corrected chi connectivity index (χ2v) is 8.03. The van der Waals surface area contributed by atoms with Crippen molar-refractivity contribution >= 4 is 15.7 Å². The fourth-order valence-electron chi connectivity index (χ4n) is 3.05. The van der Waals surface area contributed by atoms with Gasteiger partial charge < -0.3 is 9.47 Å². The lowest BCUT2D eigenvalue weighted by atomic mass is 10.3. The smallest absolute Gasteiger partial charge is 0.289 e. The second-order valence-electron chi connectivity index (χ2n) is 6.12. The van der Waals surface area contributed by atoms with E-state index in [1.165, 1.54) is 28.6 Å². The minimum absolute atomic E-state index is 0.237. The summed E-state index contributed by atoms with van der Waals surface area (Å²) in [6.45, 7) is 3.64. The molecule has 1 saturated heterocycles. The molecule has 0 unspecified atom stereocenters. The Labute approximate surface area is 152 Å². The van der Waals surface area contributed by atoms with E-state index in [1.54, 1.807) is 12.5 Å². The molecule has 3 rings (SSSR count). The number of rotatable bonds is 7. The molecule has 0 radical (unpaired) electrons. The molecule has 1 aromatic carbocycles. The van der Waals surface area contributed by atoms with Gasteiger partial charge in [-0.3, -0.25) is 10.1 Å². The van der Waals surface area contributed by atoms with Crippen molar-refractivity contribution in [2.45, 2.75) is 17.9 Å². The number of benzene rings is 1. The van der Waals surface area contributed by atoms with Gasteiger partial charge in [-0.15, -0.1) is 0 Å². The van der Waals surface area contributed by atoms with Gasteiger partial charge in [-0.25, -0.2) is 13.4 Å². The van der Waals surface area contributed by atoms with Gasteiger partial charge in [0.05, 0.1) is 11.3 Å². The van der Waals surface area contributed by atoms with Gasteiger partial charge in [-0.1, -0.05) is 12.1 Å². The molecule has 0 N–H and O–H groups in total. The van der Waals surface area contributed by atoms with Crippen molar-refractivity contribution in [2.24, 2.45) is 0 Å². The van der Waals surface area contributed by atoms with E-state index in [-0.39, 0.29) is 10.6 Å². The van der Waals surface area contributed by atoms with Crippen LogP contribution in [0.15, 0.2) is 47.9 Å². The Kier molecular flexibility index (Phi) is 5.64. The minimum Gasteiger partial charge on any atom is -0.337 e. The summed E-state index contributed by atoms with van der Waals surface area (Å²) < 4.78 is 28.9. The number of aromatic nitrogens is 2. The lowest BCUT2D eigenvalue weighted by molar-refractivity contribution is -0.387. The fraction of sp³-hybridized carbons (Fsp3) is 0.438. The molecule has 0 saturated carbocycles. The van der Waals surface area contributed by atoms with Crippen LogP contribution in [-0.4, -0.2) is 64.8 Å². The predicted octanol–water partition coefficient (Wildman–Crippen LogP) is 1.19. The number of sulfonamides is 1. The summed E-state index contributed by atoms with van der Waals surface area (Å²) >= 11 is 0. The van der Waals surface area contributed by atoms with Crippen LogP contribution in [0.1, 0.15) is 6.42 Å². The Morgan fingerprint density at radius 3 is 2.50 bits per heavy atom. The number of nitrogens with zero attached hydrogens (tertiary/aromatic N) is 5. The molecule has 0 amide bonds. The first-order chi connectivity index (χ1) is 12.5. The summed E-state index contributed by atoms with van der Waals surface area (Å²) in [4.78, 5) is 16.4. The monoisotopic (exact) mass is 379 g/mol. The average molecular weight is 379 g/mol. The molecule has 1 fully saturated rings. The van der Waals surface area contributed by atoms with E-state index in [2.05, 4.69) is 9.88 Å². The molecule has 0 spiro atoms. The Hall–Kier alpha value is -2.30. The van der Waals surface area contributed by atoms with Crippen LogP contribution >= 0.6 is 0 Å².